The summed E-state index contributed by atoms with van der Waals surface area (Å²) in [7, 11) is 0. The Balaban J connectivity index is -0.0000000800. The molecule has 0 spiro atoms. The van der Waals surface area contributed by atoms with Gasteiger partial charge >= 0.3 is 75.4 Å². The summed E-state index contributed by atoms with van der Waals surface area (Å²) in [5, 5.41) is 0. The molecule has 0 atom stereocenters. The Morgan fingerprint density at radius 2 is 0.857 bits per heavy atom. The van der Waals surface area contributed by atoms with Gasteiger partial charge in [0.05, 0.1) is 0 Å². The summed E-state index contributed by atoms with van der Waals surface area (Å²) in [6.45, 7) is 0. The molecule has 0 amide bonds. The maximum Gasteiger partial charge on any atom is 2.00 e. The summed E-state index contributed by atoms with van der Waals surface area (Å²) < 4.78 is 34.5. The molecule has 0 fully saturated rings. The van der Waals surface area contributed by atoms with Crippen LogP contribution in [-0.2, 0) is 37.6 Å². The summed E-state index contributed by atoms with van der Waals surface area (Å²) in [6, 6.07) is 0. The second-order valence-electron chi connectivity index (χ2n) is 0.500. The first kappa shape index (κ1) is 16.0. The maximum atomic E-state index is 8.62. The molecule has 0 aliphatic heterocycles. The fraction of sp³-hybridized carbons (Fsp3) is 0. The second-order valence-corrected chi connectivity index (χ2v) is 2.06. The second kappa shape index (κ2) is 6.07. The van der Waals surface area contributed by atoms with Gasteiger partial charge in [0.2, 0.25) is 0 Å². The predicted octanol–water partition coefficient (Wildman–Crippen LogP) is -5.14. The molecule has 0 bridgehead atoms. The van der Waals surface area contributed by atoms with E-state index >= 15 is 0 Å². The molecule has 0 heterocycles. The molecular weight excluding hydrogens is 202 g/mol. The summed E-state index contributed by atoms with van der Waals surface area (Å²) >= 11 is -6.00. The molecule has 0 aromatic carbocycles. The van der Waals surface area contributed by atoms with E-state index in [9.17, 15) is 0 Å². The zero-order valence-corrected chi connectivity index (χ0v) is 9.49. The van der Waals surface area contributed by atoms with Crippen molar-refractivity contribution in [2.45, 2.75) is 0 Å². The maximum absolute atomic E-state index is 8.62. The van der Waals surface area contributed by atoms with Crippen LogP contribution in [-0.4, -0.2) is 23.1 Å². The third-order valence-electron chi connectivity index (χ3n) is 0. The minimum atomic E-state index is -6.00. The average Bonchev–Trinajstić information content (AvgIpc) is 0.722. The van der Waals surface area contributed by atoms with Gasteiger partial charge in [-0.05, 0) is 0 Å². The SMILES string of the molecule is [Mg+2].[O-][Ti]([O-])([O-])[O-].[Zn+2]. The zero-order chi connectivity index (χ0) is 4.50. The van der Waals surface area contributed by atoms with Crippen molar-refractivity contribution >= 4 is 23.1 Å². The Labute approximate surface area is 74.7 Å². The molecule has 0 saturated heterocycles. The summed E-state index contributed by atoms with van der Waals surface area (Å²) in [5.41, 5.74) is 0. The van der Waals surface area contributed by atoms with Crippen molar-refractivity contribution < 1.29 is 52.4 Å². The van der Waals surface area contributed by atoms with Crippen molar-refractivity contribution in [3.8, 4) is 0 Å². The third kappa shape index (κ3) is 74.3. The van der Waals surface area contributed by atoms with Gasteiger partial charge in [0.15, 0.2) is 0 Å². The summed E-state index contributed by atoms with van der Waals surface area (Å²) in [4.78, 5) is 0. The van der Waals surface area contributed by atoms with Crippen LogP contribution in [0.25, 0.3) is 0 Å². The molecule has 0 saturated carbocycles. The standard InChI is InChI=1S/Mg.4O.Ti.Zn/q+2;4*-1;;+2. The smallest absolute Gasteiger partial charge is 2.00 e. The fourth-order valence-electron chi connectivity index (χ4n) is 0. The largest absolute Gasteiger partial charge is 2.00 e. The predicted molar refractivity (Wildman–Crippen MR) is 5.75 cm³/mol. The first-order chi connectivity index (χ1) is 2.00. The van der Waals surface area contributed by atoms with Crippen molar-refractivity contribution in [1.29, 1.82) is 0 Å². The van der Waals surface area contributed by atoms with Gasteiger partial charge in [0, 0.05) is 0 Å². The van der Waals surface area contributed by atoms with Gasteiger partial charge in [-0.3, -0.25) is 0 Å². The summed E-state index contributed by atoms with van der Waals surface area (Å²) in [5.74, 6) is 0. The molecule has 0 N–H and O–H groups in total. The fourth-order valence-corrected chi connectivity index (χ4v) is 0. The van der Waals surface area contributed by atoms with Crippen molar-refractivity contribution in [3.05, 3.63) is 0 Å². The van der Waals surface area contributed by atoms with Crippen LogP contribution in [0.3, 0.4) is 0 Å². The minimum Gasteiger partial charge on any atom is 2.00 e. The van der Waals surface area contributed by atoms with Crippen molar-refractivity contribution in [1.82, 2.24) is 0 Å². The van der Waals surface area contributed by atoms with Gasteiger partial charge in [0.25, 0.3) is 0 Å². The first-order valence-electron chi connectivity index (χ1n) is 0.816. The quantitative estimate of drug-likeness (QED) is 0.367. The molecule has 4 nitrogen and oxygen atoms in total. The first-order valence-corrected chi connectivity index (χ1v) is 3.37. The number of hydrogen-bond donors (Lipinski definition) is 0. The molecular formula is MgO4TiZn. The van der Waals surface area contributed by atoms with Gasteiger partial charge < -0.3 is 0 Å². The monoisotopic (exact) mass is 200 g/mol. The molecule has 0 unspecified atom stereocenters. The Kier molecular flexibility index (Phi) is 13.9. The van der Waals surface area contributed by atoms with Crippen molar-refractivity contribution in [2.75, 3.05) is 0 Å². The van der Waals surface area contributed by atoms with Crippen molar-refractivity contribution in [3.63, 3.8) is 0 Å². The van der Waals surface area contributed by atoms with Gasteiger partial charge in [-0.15, -0.1) is 0 Å². The van der Waals surface area contributed by atoms with E-state index in [1.54, 1.807) is 0 Å². The van der Waals surface area contributed by atoms with Crippen LogP contribution in [0.1, 0.15) is 0 Å². The van der Waals surface area contributed by atoms with E-state index in [0.717, 1.165) is 0 Å². The van der Waals surface area contributed by atoms with Gasteiger partial charge in [-0.1, -0.05) is 0 Å². The van der Waals surface area contributed by atoms with Gasteiger partial charge in [-0.25, -0.2) is 0 Å². The molecule has 0 aromatic rings. The number of hydrogen-bond acceptors (Lipinski definition) is 4. The van der Waals surface area contributed by atoms with Gasteiger partial charge in [-0.2, -0.15) is 0 Å². The van der Waals surface area contributed by atoms with Crippen molar-refractivity contribution in [2.24, 2.45) is 0 Å². The molecule has 0 aliphatic carbocycles. The van der Waals surface area contributed by atoms with Gasteiger partial charge in [0.1, 0.15) is 0 Å². The normalized spacial score (nSPS) is 8.57. The van der Waals surface area contributed by atoms with E-state index in [1.807, 2.05) is 0 Å². The van der Waals surface area contributed by atoms with Crippen LogP contribution in [0.4, 0.5) is 0 Å². The molecule has 7 heteroatoms. The van der Waals surface area contributed by atoms with Crippen LogP contribution in [0.2, 0.25) is 0 Å². The number of rotatable bonds is 0. The van der Waals surface area contributed by atoms with E-state index in [2.05, 4.69) is 0 Å². The zero-order valence-electron chi connectivity index (χ0n) is 3.55. The Hall–Kier alpha value is 1.94. The van der Waals surface area contributed by atoms with Crippen LogP contribution < -0.4 is 14.8 Å². The van der Waals surface area contributed by atoms with E-state index in [4.69, 9.17) is 14.8 Å². The summed E-state index contributed by atoms with van der Waals surface area (Å²) in [6.07, 6.45) is 0. The molecule has 0 rings (SSSR count). The van der Waals surface area contributed by atoms with E-state index in [-0.39, 0.29) is 42.5 Å². The molecule has 0 radical (unpaired) electrons. The van der Waals surface area contributed by atoms with E-state index < -0.39 is 18.1 Å². The van der Waals surface area contributed by atoms with Crippen LogP contribution in [0.5, 0.6) is 0 Å². The Morgan fingerprint density at radius 3 is 0.857 bits per heavy atom. The Bertz CT molecular complexity index is 27.2. The third-order valence-corrected chi connectivity index (χ3v) is 0. The molecule has 32 valence electrons. The topological polar surface area (TPSA) is 92.2 Å². The van der Waals surface area contributed by atoms with Crippen LogP contribution >= 0.6 is 0 Å². The average molecular weight is 202 g/mol. The van der Waals surface area contributed by atoms with Crippen LogP contribution in [0.15, 0.2) is 0 Å². The molecule has 0 aliphatic rings. The minimum absolute atomic E-state index is 0. The Morgan fingerprint density at radius 1 is 0.857 bits per heavy atom. The molecule has 7 heavy (non-hydrogen) atoms. The van der Waals surface area contributed by atoms with E-state index in [0.29, 0.717) is 0 Å². The van der Waals surface area contributed by atoms with E-state index in [1.165, 1.54) is 0 Å². The molecule has 0 aromatic heterocycles. The van der Waals surface area contributed by atoms with Crippen LogP contribution in [0, 0.1) is 0 Å².